The van der Waals surface area contributed by atoms with Crippen LogP contribution in [0.1, 0.15) is 43.0 Å². The molecule has 0 bridgehead atoms. The third kappa shape index (κ3) is 6.22. The predicted molar refractivity (Wildman–Crippen MR) is 75.6 cm³/mol. The van der Waals surface area contributed by atoms with Crippen LogP contribution in [0.5, 0.6) is 5.75 Å². The van der Waals surface area contributed by atoms with E-state index in [0.717, 1.165) is 12.8 Å². The van der Waals surface area contributed by atoms with Gasteiger partial charge < -0.3 is 15.2 Å². The van der Waals surface area contributed by atoms with E-state index < -0.39 is 5.91 Å². The monoisotopic (exact) mass is 279 g/mol. The Morgan fingerprint density at radius 1 is 1.20 bits per heavy atom. The largest absolute Gasteiger partial charge is 0.494 e. The summed E-state index contributed by atoms with van der Waals surface area (Å²) in [7, 11) is 0. The number of ether oxygens (including phenoxy) is 2. The number of rotatable bonds is 9. The summed E-state index contributed by atoms with van der Waals surface area (Å²) in [6.45, 7) is 2.92. The first-order valence-electron chi connectivity index (χ1n) is 6.81. The molecule has 0 saturated heterocycles. The molecule has 1 amide bonds. The van der Waals surface area contributed by atoms with Crippen molar-refractivity contribution in [2.45, 2.75) is 32.6 Å². The number of hydrogen-bond acceptors (Lipinski definition) is 4. The lowest BCUT2D eigenvalue weighted by Gasteiger charge is -2.07. The van der Waals surface area contributed by atoms with Gasteiger partial charge in [0.1, 0.15) is 5.75 Å². The number of amides is 1. The zero-order valence-electron chi connectivity index (χ0n) is 11.8. The van der Waals surface area contributed by atoms with Gasteiger partial charge in [0.25, 0.3) is 0 Å². The molecule has 0 aliphatic rings. The highest BCUT2D eigenvalue weighted by atomic mass is 16.5. The van der Waals surface area contributed by atoms with Crippen LogP contribution in [-0.2, 0) is 9.53 Å². The Kier molecular flexibility index (Phi) is 7.17. The lowest BCUT2D eigenvalue weighted by Crippen LogP contribution is -2.11. The highest BCUT2D eigenvalue weighted by Gasteiger charge is 2.04. The number of nitrogens with two attached hydrogens (primary N) is 1. The average Bonchev–Trinajstić information content (AvgIpc) is 2.44. The Bertz CT molecular complexity index is 445. The summed E-state index contributed by atoms with van der Waals surface area (Å²) in [6, 6.07) is 6.66. The van der Waals surface area contributed by atoms with Gasteiger partial charge in [-0.2, -0.15) is 0 Å². The number of carbonyl (C=O) groups excluding carboxylic acids is 2. The molecule has 5 heteroatoms. The van der Waals surface area contributed by atoms with Crippen molar-refractivity contribution in [1.29, 1.82) is 0 Å². The van der Waals surface area contributed by atoms with Gasteiger partial charge in [-0.1, -0.05) is 19.4 Å². The number of carbonyl (C=O) groups is 2. The van der Waals surface area contributed by atoms with Crippen LogP contribution in [0.15, 0.2) is 24.3 Å². The Balaban J connectivity index is 2.22. The van der Waals surface area contributed by atoms with Crippen molar-refractivity contribution in [3.05, 3.63) is 29.8 Å². The molecule has 1 rings (SSSR count). The van der Waals surface area contributed by atoms with Crippen molar-refractivity contribution in [3.63, 3.8) is 0 Å². The third-order valence-corrected chi connectivity index (χ3v) is 2.67. The molecular weight excluding hydrogens is 258 g/mol. The molecule has 2 N–H and O–H groups in total. The normalized spacial score (nSPS) is 10.1. The van der Waals surface area contributed by atoms with Crippen molar-refractivity contribution in [1.82, 2.24) is 0 Å². The summed E-state index contributed by atoms with van der Waals surface area (Å²) >= 11 is 0. The van der Waals surface area contributed by atoms with E-state index in [-0.39, 0.29) is 5.97 Å². The molecule has 0 saturated carbocycles. The topological polar surface area (TPSA) is 78.6 Å². The Morgan fingerprint density at radius 2 is 2.00 bits per heavy atom. The summed E-state index contributed by atoms with van der Waals surface area (Å²) in [5.41, 5.74) is 5.58. The fourth-order valence-electron chi connectivity index (χ4n) is 1.55. The standard InChI is InChI=1S/C15H21NO4/c1-2-3-9-20-14(17)8-5-10-19-13-7-4-6-12(11-13)15(16)18/h4,6-7,11H,2-3,5,8-10H2,1H3,(H2,16,18). The highest BCUT2D eigenvalue weighted by molar-refractivity contribution is 5.93. The fourth-order valence-corrected chi connectivity index (χ4v) is 1.55. The molecule has 0 unspecified atom stereocenters. The zero-order valence-corrected chi connectivity index (χ0v) is 11.8. The predicted octanol–water partition coefficient (Wildman–Crippen LogP) is 2.29. The summed E-state index contributed by atoms with van der Waals surface area (Å²) < 4.78 is 10.5. The minimum absolute atomic E-state index is 0.201. The minimum atomic E-state index is -0.491. The summed E-state index contributed by atoms with van der Waals surface area (Å²) in [4.78, 5) is 22.3. The maximum absolute atomic E-state index is 11.3. The molecule has 20 heavy (non-hydrogen) atoms. The van der Waals surface area contributed by atoms with Gasteiger partial charge in [0, 0.05) is 12.0 Å². The quantitative estimate of drug-likeness (QED) is 0.555. The van der Waals surface area contributed by atoms with Gasteiger partial charge >= 0.3 is 5.97 Å². The van der Waals surface area contributed by atoms with Gasteiger partial charge in [0.15, 0.2) is 0 Å². The molecule has 1 aromatic rings. The maximum Gasteiger partial charge on any atom is 0.305 e. The van der Waals surface area contributed by atoms with Crippen molar-refractivity contribution in [2.75, 3.05) is 13.2 Å². The number of esters is 1. The molecule has 5 nitrogen and oxygen atoms in total. The first-order chi connectivity index (χ1) is 9.63. The number of hydrogen-bond donors (Lipinski definition) is 1. The molecule has 0 heterocycles. The van der Waals surface area contributed by atoms with E-state index in [1.54, 1.807) is 24.3 Å². The minimum Gasteiger partial charge on any atom is -0.494 e. The van der Waals surface area contributed by atoms with Gasteiger partial charge in [-0.25, -0.2) is 0 Å². The van der Waals surface area contributed by atoms with Gasteiger partial charge in [0.05, 0.1) is 13.2 Å². The average molecular weight is 279 g/mol. The second kappa shape index (κ2) is 8.96. The SMILES string of the molecule is CCCCOC(=O)CCCOc1cccc(C(N)=O)c1. The zero-order chi connectivity index (χ0) is 14.8. The van der Waals surface area contributed by atoms with Crippen LogP contribution in [0, 0.1) is 0 Å². The molecule has 0 radical (unpaired) electrons. The van der Waals surface area contributed by atoms with E-state index in [2.05, 4.69) is 0 Å². The molecule has 1 aromatic carbocycles. The van der Waals surface area contributed by atoms with Crippen LogP contribution in [0.3, 0.4) is 0 Å². The fraction of sp³-hybridized carbons (Fsp3) is 0.467. The second-order valence-electron chi connectivity index (χ2n) is 4.42. The van der Waals surface area contributed by atoms with Crippen molar-refractivity contribution >= 4 is 11.9 Å². The molecular formula is C15H21NO4. The molecule has 0 aromatic heterocycles. The lowest BCUT2D eigenvalue weighted by atomic mass is 10.2. The Labute approximate surface area is 119 Å². The molecule has 0 atom stereocenters. The third-order valence-electron chi connectivity index (χ3n) is 2.67. The molecule has 0 spiro atoms. The van der Waals surface area contributed by atoms with Crippen molar-refractivity contribution < 1.29 is 19.1 Å². The first-order valence-corrected chi connectivity index (χ1v) is 6.81. The summed E-state index contributed by atoms with van der Waals surface area (Å²) in [5.74, 6) is -0.122. The molecule has 0 aliphatic carbocycles. The van der Waals surface area contributed by atoms with Gasteiger partial charge in [-0.15, -0.1) is 0 Å². The molecule has 0 fully saturated rings. The Morgan fingerprint density at radius 3 is 2.70 bits per heavy atom. The van der Waals surface area contributed by atoms with Crippen LogP contribution in [0.25, 0.3) is 0 Å². The van der Waals surface area contributed by atoms with Gasteiger partial charge in [0.2, 0.25) is 5.91 Å². The first kappa shape index (κ1) is 16.0. The maximum atomic E-state index is 11.3. The van der Waals surface area contributed by atoms with Gasteiger partial charge in [-0.05, 0) is 31.0 Å². The number of primary amides is 1. The summed E-state index contributed by atoms with van der Waals surface area (Å²) in [5, 5.41) is 0. The van der Waals surface area contributed by atoms with E-state index in [9.17, 15) is 9.59 Å². The second-order valence-corrected chi connectivity index (χ2v) is 4.42. The lowest BCUT2D eigenvalue weighted by molar-refractivity contribution is -0.144. The van der Waals surface area contributed by atoms with E-state index >= 15 is 0 Å². The number of unbranched alkanes of at least 4 members (excludes halogenated alkanes) is 1. The van der Waals surface area contributed by atoms with E-state index in [1.807, 2.05) is 6.92 Å². The smallest absolute Gasteiger partial charge is 0.305 e. The van der Waals surface area contributed by atoms with Crippen molar-refractivity contribution in [3.8, 4) is 5.75 Å². The highest BCUT2D eigenvalue weighted by Crippen LogP contribution is 2.13. The van der Waals surface area contributed by atoms with Crippen LogP contribution in [-0.4, -0.2) is 25.1 Å². The number of benzene rings is 1. The van der Waals surface area contributed by atoms with Crippen LogP contribution < -0.4 is 10.5 Å². The van der Waals surface area contributed by atoms with Crippen LogP contribution in [0.2, 0.25) is 0 Å². The van der Waals surface area contributed by atoms with Crippen LogP contribution in [0.4, 0.5) is 0 Å². The molecule has 110 valence electrons. The van der Waals surface area contributed by atoms with Crippen LogP contribution >= 0.6 is 0 Å². The van der Waals surface area contributed by atoms with E-state index in [1.165, 1.54) is 0 Å². The summed E-state index contributed by atoms with van der Waals surface area (Å²) in [6.07, 6.45) is 2.81. The van der Waals surface area contributed by atoms with E-state index in [4.69, 9.17) is 15.2 Å². The molecule has 0 aliphatic heterocycles. The Hall–Kier alpha value is -2.04. The van der Waals surface area contributed by atoms with Crippen molar-refractivity contribution in [2.24, 2.45) is 5.73 Å². The van der Waals surface area contributed by atoms with Gasteiger partial charge in [-0.3, -0.25) is 9.59 Å². The van der Waals surface area contributed by atoms with E-state index in [0.29, 0.717) is 37.4 Å².